The van der Waals surface area contributed by atoms with E-state index in [1.807, 2.05) is 36.1 Å². The molecule has 1 aliphatic heterocycles. The fraction of sp³-hybridized carbons (Fsp3) is 0.571. The maximum atomic E-state index is 12.5. The Labute approximate surface area is 160 Å². The first-order valence-corrected chi connectivity index (χ1v) is 10.0. The molecule has 2 N–H and O–H groups in total. The summed E-state index contributed by atoms with van der Waals surface area (Å²) in [7, 11) is 0. The highest BCUT2D eigenvalue weighted by Gasteiger charge is 2.36. The van der Waals surface area contributed by atoms with Gasteiger partial charge in [-0.1, -0.05) is 19.1 Å². The average Bonchev–Trinajstić information content (AvgIpc) is 3.52. The highest BCUT2D eigenvalue weighted by atomic mass is 16.2. The fourth-order valence-electron chi connectivity index (χ4n) is 3.47. The SMILES string of the molecule is CCCC(=O)Nc1ccc(CNC(=O)C2CCCN(C(=O)C3CC3)C2)cc1. The van der Waals surface area contributed by atoms with Gasteiger partial charge in [0.1, 0.15) is 0 Å². The average molecular weight is 371 g/mol. The molecule has 1 atom stereocenters. The summed E-state index contributed by atoms with van der Waals surface area (Å²) in [5.74, 6) is 0.357. The third-order valence-electron chi connectivity index (χ3n) is 5.21. The Hall–Kier alpha value is -2.37. The van der Waals surface area contributed by atoms with Gasteiger partial charge >= 0.3 is 0 Å². The van der Waals surface area contributed by atoms with Gasteiger partial charge in [0, 0.05) is 37.7 Å². The minimum atomic E-state index is -0.117. The molecule has 1 aromatic carbocycles. The number of carbonyl (C=O) groups is 3. The summed E-state index contributed by atoms with van der Waals surface area (Å²) in [4.78, 5) is 38.2. The molecular formula is C21H29N3O3. The molecule has 1 aromatic rings. The number of piperidine rings is 1. The lowest BCUT2D eigenvalue weighted by atomic mass is 9.96. The van der Waals surface area contributed by atoms with Gasteiger partial charge in [-0.2, -0.15) is 0 Å². The standard InChI is InChI=1S/C21H29N3O3/c1-2-4-19(25)23-18-10-6-15(7-11-18)13-22-20(26)17-5-3-12-24(14-17)21(27)16-8-9-16/h6-7,10-11,16-17H,2-5,8-9,12-14H2,1H3,(H,22,26)(H,23,25). The van der Waals surface area contributed by atoms with Crippen LogP contribution in [0.25, 0.3) is 0 Å². The Bertz CT molecular complexity index is 682. The van der Waals surface area contributed by atoms with Crippen molar-refractivity contribution in [2.75, 3.05) is 18.4 Å². The zero-order chi connectivity index (χ0) is 19.2. The smallest absolute Gasteiger partial charge is 0.225 e. The summed E-state index contributed by atoms with van der Waals surface area (Å²) >= 11 is 0. The number of carbonyl (C=O) groups excluding carboxylic acids is 3. The van der Waals surface area contributed by atoms with Gasteiger partial charge in [-0.05, 0) is 49.8 Å². The molecule has 27 heavy (non-hydrogen) atoms. The molecule has 0 spiro atoms. The van der Waals surface area contributed by atoms with E-state index >= 15 is 0 Å². The number of hydrogen-bond donors (Lipinski definition) is 2. The second kappa shape index (κ2) is 9.02. The molecule has 1 saturated carbocycles. The number of anilines is 1. The molecule has 6 heteroatoms. The van der Waals surface area contributed by atoms with Crippen LogP contribution in [0.1, 0.15) is 51.0 Å². The Morgan fingerprint density at radius 3 is 2.48 bits per heavy atom. The first-order valence-electron chi connectivity index (χ1n) is 10.0. The lowest BCUT2D eigenvalue weighted by molar-refractivity contribution is -0.136. The molecule has 3 amide bonds. The van der Waals surface area contributed by atoms with Crippen LogP contribution < -0.4 is 10.6 Å². The molecule has 1 aliphatic carbocycles. The van der Waals surface area contributed by atoms with Crippen LogP contribution in [-0.2, 0) is 20.9 Å². The minimum absolute atomic E-state index is 0.0150. The van der Waals surface area contributed by atoms with Crippen molar-refractivity contribution in [1.82, 2.24) is 10.2 Å². The van der Waals surface area contributed by atoms with E-state index in [-0.39, 0.29) is 29.6 Å². The van der Waals surface area contributed by atoms with Crippen LogP contribution in [-0.4, -0.2) is 35.7 Å². The van der Waals surface area contributed by atoms with Crippen molar-refractivity contribution in [3.8, 4) is 0 Å². The quantitative estimate of drug-likeness (QED) is 0.773. The molecule has 0 bridgehead atoms. The molecular weight excluding hydrogens is 342 g/mol. The molecule has 1 heterocycles. The van der Waals surface area contributed by atoms with E-state index in [9.17, 15) is 14.4 Å². The van der Waals surface area contributed by atoms with Crippen LogP contribution in [0.3, 0.4) is 0 Å². The van der Waals surface area contributed by atoms with Gasteiger partial charge < -0.3 is 15.5 Å². The Balaban J connectivity index is 1.45. The molecule has 0 radical (unpaired) electrons. The number of rotatable bonds is 7. The highest BCUT2D eigenvalue weighted by molar-refractivity contribution is 5.90. The summed E-state index contributed by atoms with van der Waals surface area (Å²) in [6.07, 6.45) is 5.06. The van der Waals surface area contributed by atoms with Gasteiger partial charge in [0.25, 0.3) is 0 Å². The van der Waals surface area contributed by atoms with Gasteiger partial charge in [0.15, 0.2) is 0 Å². The van der Waals surface area contributed by atoms with Crippen LogP contribution in [0, 0.1) is 11.8 Å². The number of nitrogens with one attached hydrogen (secondary N) is 2. The third-order valence-corrected chi connectivity index (χ3v) is 5.21. The largest absolute Gasteiger partial charge is 0.352 e. The van der Waals surface area contributed by atoms with Crippen LogP contribution in [0.15, 0.2) is 24.3 Å². The van der Waals surface area contributed by atoms with Crippen LogP contribution in [0.2, 0.25) is 0 Å². The first kappa shape index (κ1) is 19.4. The summed E-state index contributed by atoms with van der Waals surface area (Å²) in [6.45, 7) is 3.75. The second-order valence-electron chi connectivity index (χ2n) is 7.61. The minimum Gasteiger partial charge on any atom is -0.352 e. The van der Waals surface area contributed by atoms with Crippen molar-refractivity contribution in [2.45, 2.75) is 52.0 Å². The van der Waals surface area contributed by atoms with E-state index in [1.165, 1.54) is 0 Å². The summed E-state index contributed by atoms with van der Waals surface area (Å²) in [5, 5.41) is 5.84. The molecule has 3 rings (SSSR count). The fourth-order valence-corrected chi connectivity index (χ4v) is 3.47. The van der Waals surface area contributed by atoms with Gasteiger partial charge in [-0.25, -0.2) is 0 Å². The molecule has 2 aliphatic rings. The van der Waals surface area contributed by atoms with E-state index in [0.29, 0.717) is 19.5 Å². The van der Waals surface area contributed by atoms with E-state index in [1.54, 1.807) is 0 Å². The van der Waals surface area contributed by atoms with Crippen molar-refractivity contribution >= 4 is 23.4 Å². The molecule has 1 unspecified atom stereocenters. The lowest BCUT2D eigenvalue weighted by Crippen LogP contribution is -2.45. The van der Waals surface area contributed by atoms with Crippen LogP contribution in [0.4, 0.5) is 5.69 Å². The monoisotopic (exact) mass is 371 g/mol. The topological polar surface area (TPSA) is 78.5 Å². The summed E-state index contributed by atoms with van der Waals surface area (Å²) in [6, 6.07) is 7.52. The summed E-state index contributed by atoms with van der Waals surface area (Å²) in [5.41, 5.74) is 1.75. The van der Waals surface area contributed by atoms with E-state index in [0.717, 1.165) is 49.9 Å². The Morgan fingerprint density at radius 2 is 1.81 bits per heavy atom. The number of benzene rings is 1. The van der Waals surface area contributed by atoms with E-state index in [4.69, 9.17) is 0 Å². The number of nitrogens with zero attached hydrogens (tertiary/aromatic N) is 1. The number of likely N-dealkylation sites (tertiary alicyclic amines) is 1. The molecule has 0 aromatic heterocycles. The lowest BCUT2D eigenvalue weighted by Gasteiger charge is -2.32. The van der Waals surface area contributed by atoms with Crippen molar-refractivity contribution in [3.63, 3.8) is 0 Å². The first-order chi connectivity index (χ1) is 13.1. The molecule has 2 fully saturated rings. The van der Waals surface area contributed by atoms with Crippen molar-refractivity contribution < 1.29 is 14.4 Å². The van der Waals surface area contributed by atoms with E-state index < -0.39 is 0 Å². The Morgan fingerprint density at radius 1 is 1.07 bits per heavy atom. The predicted octanol–water partition coefficient (Wildman–Crippen LogP) is 2.69. The zero-order valence-electron chi connectivity index (χ0n) is 16.0. The van der Waals surface area contributed by atoms with Crippen LogP contribution >= 0.6 is 0 Å². The van der Waals surface area contributed by atoms with Gasteiger partial charge in [0.05, 0.1) is 5.92 Å². The van der Waals surface area contributed by atoms with Crippen molar-refractivity contribution in [2.24, 2.45) is 11.8 Å². The Kier molecular flexibility index (Phi) is 6.48. The predicted molar refractivity (Wildman–Crippen MR) is 104 cm³/mol. The zero-order valence-corrected chi connectivity index (χ0v) is 16.0. The maximum Gasteiger partial charge on any atom is 0.225 e. The normalized spacial score (nSPS) is 19.4. The van der Waals surface area contributed by atoms with Gasteiger partial charge in [-0.3, -0.25) is 14.4 Å². The van der Waals surface area contributed by atoms with Crippen LogP contribution in [0.5, 0.6) is 0 Å². The van der Waals surface area contributed by atoms with Crippen molar-refractivity contribution in [3.05, 3.63) is 29.8 Å². The van der Waals surface area contributed by atoms with Gasteiger partial charge in [0.2, 0.25) is 17.7 Å². The maximum absolute atomic E-state index is 12.5. The molecule has 146 valence electrons. The summed E-state index contributed by atoms with van der Waals surface area (Å²) < 4.78 is 0. The second-order valence-corrected chi connectivity index (χ2v) is 7.61. The van der Waals surface area contributed by atoms with Crippen molar-refractivity contribution in [1.29, 1.82) is 0 Å². The number of amides is 3. The van der Waals surface area contributed by atoms with E-state index in [2.05, 4.69) is 10.6 Å². The number of hydrogen-bond acceptors (Lipinski definition) is 3. The third kappa shape index (κ3) is 5.55. The molecule has 6 nitrogen and oxygen atoms in total. The van der Waals surface area contributed by atoms with Gasteiger partial charge in [-0.15, -0.1) is 0 Å². The highest BCUT2D eigenvalue weighted by Crippen LogP contribution is 2.32. The molecule has 1 saturated heterocycles.